The fraction of sp³-hybridized carbons (Fsp3) is 0.235. The Morgan fingerprint density at radius 1 is 1.10 bits per heavy atom. The quantitative estimate of drug-likeness (QED) is 0.911. The van der Waals surface area contributed by atoms with Crippen LogP contribution in [0.1, 0.15) is 28.4 Å². The van der Waals surface area contributed by atoms with Crippen molar-refractivity contribution in [1.29, 1.82) is 0 Å². The van der Waals surface area contributed by atoms with Gasteiger partial charge in [-0.25, -0.2) is 4.79 Å². The van der Waals surface area contributed by atoms with Crippen LogP contribution in [-0.4, -0.2) is 17.7 Å². The number of rotatable bonds is 4. The largest absolute Gasteiger partial charge is 0.494 e. The van der Waals surface area contributed by atoms with E-state index in [1.165, 1.54) is 0 Å². The first kappa shape index (κ1) is 14.1. The molecule has 0 aliphatic rings. The highest BCUT2D eigenvalue weighted by molar-refractivity contribution is 5.96. The van der Waals surface area contributed by atoms with Gasteiger partial charge >= 0.3 is 5.97 Å². The van der Waals surface area contributed by atoms with Gasteiger partial charge in [-0.3, -0.25) is 0 Å². The zero-order valence-electron chi connectivity index (χ0n) is 11.9. The SMILES string of the molecule is CCOc1ccc(-c2ccc(C)cc2C(=O)O)c(C)c1. The van der Waals surface area contributed by atoms with Gasteiger partial charge in [-0.2, -0.15) is 0 Å². The van der Waals surface area contributed by atoms with Crippen molar-refractivity contribution >= 4 is 5.97 Å². The first-order valence-electron chi connectivity index (χ1n) is 6.60. The van der Waals surface area contributed by atoms with Gasteiger partial charge < -0.3 is 9.84 Å². The van der Waals surface area contributed by atoms with Crippen molar-refractivity contribution in [2.24, 2.45) is 0 Å². The molecule has 3 heteroatoms. The summed E-state index contributed by atoms with van der Waals surface area (Å²) in [6.07, 6.45) is 0. The minimum atomic E-state index is -0.906. The average molecular weight is 270 g/mol. The maximum Gasteiger partial charge on any atom is 0.336 e. The molecular formula is C17H18O3. The molecule has 0 aromatic heterocycles. The maximum atomic E-state index is 11.4. The Morgan fingerprint density at radius 2 is 1.80 bits per heavy atom. The highest BCUT2D eigenvalue weighted by Gasteiger charge is 2.13. The molecule has 0 saturated heterocycles. The smallest absolute Gasteiger partial charge is 0.336 e. The van der Waals surface area contributed by atoms with Crippen molar-refractivity contribution in [3.05, 3.63) is 53.1 Å². The summed E-state index contributed by atoms with van der Waals surface area (Å²) < 4.78 is 5.46. The normalized spacial score (nSPS) is 10.3. The number of hydrogen-bond acceptors (Lipinski definition) is 2. The fourth-order valence-corrected chi connectivity index (χ4v) is 2.26. The molecule has 1 N–H and O–H groups in total. The first-order chi connectivity index (χ1) is 9.52. The molecule has 0 spiro atoms. The van der Waals surface area contributed by atoms with Crippen molar-refractivity contribution in [1.82, 2.24) is 0 Å². The average Bonchev–Trinajstić information content (AvgIpc) is 2.40. The van der Waals surface area contributed by atoms with Crippen LogP contribution in [0.2, 0.25) is 0 Å². The predicted octanol–water partition coefficient (Wildman–Crippen LogP) is 4.07. The van der Waals surface area contributed by atoms with Gasteiger partial charge in [-0.15, -0.1) is 0 Å². The summed E-state index contributed by atoms with van der Waals surface area (Å²) in [5, 5.41) is 9.36. The summed E-state index contributed by atoms with van der Waals surface area (Å²) in [6.45, 7) is 6.40. The molecule has 2 aromatic carbocycles. The number of aromatic carboxylic acids is 1. The number of carbonyl (C=O) groups is 1. The lowest BCUT2D eigenvalue weighted by molar-refractivity contribution is 0.0697. The van der Waals surface area contributed by atoms with E-state index in [1.807, 2.05) is 51.1 Å². The van der Waals surface area contributed by atoms with E-state index in [4.69, 9.17) is 4.74 Å². The van der Waals surface area contributed by atoms with Gasteiger partial charge in [-0.05, 0) is 55.7 Å². The van der Waals surface area contributed by atoms with Crippen LogP contribution in [0, 0.1) is 13.8 Å². The van der Waals surface area contributed by atoms with E-state index in [2.05, 4.69) is 0 Å². The van der Waals surface area contributed by atoms with Crippen LogP contribution in [-0.2, 0) is 0 Å². The molecular weight excluding hydrogens is 252 g/mol. The Morgan fingerprint density at radius 3 is 2.40 bits per heavy atom. The first-order valence-corrected chi connectivity index (χ1v) is 6.60. The molecule has 0 radical (unpaired) electrons. The Kier molecular flexibility index (Phi) is 4.08. The van der Waals surface area contributed by atoms with Crippen molar-refractivity contribution in [3.8, 4) is 16.9 Å². The lowest BCUT2D eigenvalue weighted by Gasteiger charge is -2.12. The summed E-state index contributed by atoms with van der Waals surface area (Å²) in [5.74, 6) is -0.102. The van der Waals surface area contributed by atoms with Crippen LogP contribution in [0.5, 0.6) is 5.75 Å². The predicted molar refractivity (Wildman–Crippen MR) is 79.5 cm³/mol. The highest BCUT2D eigenvalue weighted by Crippen LogP contribution is 2.30. The van der Waals surface area contributed by atoms with Crippen LogP contribution < -0.4 is 4.74 Å². The van der Waals surface area contributed by atoms with Gasteiger partial charge in [0.25, 0.3) is 0 Å². The fourth-order valence-electron chi connectivity index (χ4n) is 2.26. The number of benzene rings is 2. The van der Waals surface area contributed by atoms with Crippen LogP contribution in [0.15, 0.2) is 36.4 Å². The van der Waals surface area contributed by atoms with Gasteiger partial charge in [-0.1, -0.05) is 23.8 Å². The van der Waals surface area contributed by atoms with Crippen molar-refractivity contribution < 1.29 is 14.6 Å². The maximum absolute atomic E-state index is 11.4. The van der Waals surface area contributed by atoms with Crippen LogP contribution in [0.4, 0.5) is 0 Å². The number of carboxylic acid groups (broad SMARTS) is 1. The molecule has 3 nitrogen and oxygen atoms in total. The summed E-state index contributed by atoms with van der Waals surface area (Å²) in [4.78, 5) is 11.4. The minimum absolute atomic E-state index is 0.331. The molecule has 0 atom stereocenters. The lowest BCUT2D eigenvalue weighted by atomic mass is 9.94. The molecule has 20 heavy (non-hydrogen) atoms. The Hall–Kier alpha value is -2.29. The molecule has 0 fully saturated rings. The number of carboxylic acids is 1. The van der Waals surface area contributed by atoms with Gasteiger partial charge in [0.05, 0.1) is 12.2 Å². The van der Waals surface area contributed by atoms with E-state index in [0.29, 0.717) is 12.2 Å². The molecule has 0 aliphatic carbocycles. The summed E-state index contributed by atoms with van der Waals surface area (Å²) >= 11 is 0. The Balaban J connectivity index is 2.54. The Bertz CT molecular complexity index is 645. The van der Waals surface area contributed by atoms with Crippen LogP contribution in [0.3, 0.4) is 0 Å². The summed E-state index contributed by atoms with van der Waals surface area (Å²) in [7, 11) is 0. The zero-order valence-corrected chi connectivity index (χ0v) is 11.9. The molecule has 0 unspecified atom stereocenters. The van der Waals surface area contributed by atoms with Gasteiger partial charge in [0.15, 0.2) is 0 Å². The van der Waals surface area contributed by atoms with Gasteiger partial charge in [0.1, 0.15) is 5.75 Å². The number of hydrogen-bond donors (Lipinski definition) is 1. The molecule has 2 rings (SSSR count). The molecule has 2 aromatic rings. The van der Waals surface area contributed by atoms with Gasteiger partial charge in [0.2, 0.25) is 0 Å². The standard InChI is InChI=1S/C17H18O3/c1-4-20-13-6-8-14(12(3)10-13)15-7-5-11(2)9-16(15)17(18)19/h5-10H,4H2,1-3H3,(H,18,19). The van der Waals surface area contributed by atoms with E-state index >= 15 is 0 Å². The summed E-state index contributed by atoms with van der Waals surface area (Å²) in [5.41, 5.74) is 3.93. The topological polar surface area (TPSA) is 46.5 Å². The van der Waals surface area contributed by atoms with Gasteiger partial charge in [0, 0.05) is 0 Å². The van der Waals surface area contributed by atoms with Crippen molar-refractivity contribution in [2.45, 2.75) is 20.8 Å². The minimum Gasteiger partial charge on any atom is -0.494 e. The molecule has 0 saturated carbocycles. The molecule has 104 valence electrons. The molecule has 0 aliphatic heterocycles. The van der Waals surface area contributed by atoms with Crippen LogP contribution in [0.25, 0.3) is 11.1 Å². The molecule has 0 amide bonds. The number of aryl methyl sites for hydroxylation is 2. The second-order valence-corrected chi connectivity index (χ2v) is 4.76. The van der Waals surface area contributed by atoms with Crippen molar-refractivity contribution in [3.63, 3.8) is 0 Å². The highest BCUT2D eigenvalue weighted by atomic mass is 16.5. The third kappa shape index (κ3) is 2.82. The summed E-state index contributed by atoms with van der Waals surface area (Å²) in [6, 6.07) is 11.2. The number of ether oxygens (including phenoxy) is 1. The third-order valence-electron chi connectivity index (χ3n) is 3.20. The van der Waals surface area contributed by atoms with E-state index in [9.17, 15) is 9.90 Å². The second-order valence-electron chi connectivity index (χ2n) is 4.76. The molecule has 0 heterocycles. The molecule has 0 bridgehead atoms. The zero-order chi connectivity index (χ0) is 14.7. The van der Waals surface area contributed by atoms with Crippen LogP contribution >= 0.6 is 0 Å². The Labute approximate surface area is 118 Å². The lowest BCUT2D eigenvalue weighted by Crippen LogP contribution is -2.01. The van der Waals surface area contributed by atoms with E-state index in [1.54, 1.807) is 6.07 Å². The second kappa shape index (κ2) is 5.78. The van der Waals surface area contributed by atoms with Crippen molar-refractivity contribution in [2.75, 3.05) is 6.61 Å². The third-order valence-corrected chi connectivity index (χ3v) is 3.20. The van der Waals surface area contributed by atoms with E-state index in [0.717, 1.165) is 28.0 Å². The van der Waals surface area contributed by atoms with E-state index < -0.39 is 5.97 Å². The van der Waals surface area contributed by atoms with E-state index in [-0.39, 0.29) is 0 Å². The monoisotopic (exact) mass is 270 g/mol.